The van der Waals surface area contributed by atoms with Crippen LogP contribution in [0.1, 0.15) is 12.8 Å². The average molecular weight is 226 g/mol. The molecule has 2 rings (SSSR count). The van der Waals surface area contributed by atoms with Gasteiger partial charge in [-0.3, -0.25) is 4.57 Å². The van der Waals surface area contributed by atoms with Crippen molar-refractivity contribution < 1.29 is 9.66 Å². The molecule has 0 aromatic carbocycles. The molecule has 1 fully saturated rings. The van der Waals surface area contributed by atoms with Gasteiger partial charge in [-0.1, -0.05) is 0 Å². The van der Waals surface area contributed by atoms with Crippen LogP contribution in [0.25, 0.3) is 0 Å². The lowest BCUT2D eigenvalue weighted by molar-refractivity contribution is -0.388. The monoisotopic (exact) mass is 226 g/mol. The first-order valence-electron chi connectivity index (χ1n) is 5.19. The molecule has 1 aromatic heterocycles. The molecule has 0 amide bonds. The van der Waals surface area contributed by atoms with E-state index < -0.39 is 4.92 Å². The number of nitro groups is 1. The molecule has 16 heavy (non-hydrogen) atoms. The normalized spacial score (nSPS) is 19.9. The van der Waals surface area contributed by atoms with Gasteiger partial charge in [0.15, 0.2) is 0 Å². The minimum absolute atomic E-state index is 0.138. The number of aryl methyl sites for hydroxylation is 1. The van der Waals surface area contributed by atoms with Crippen molar-refractivity contribution in [2.24, 2.45) is 7.05 Å². The summed E-state index contributed by atoms with van der Waals surface area (Å²) >= 11 is 0. The number of nitrogens with zero attached hydrogens (tertiary/aromatic N) is 3. The van der Waals surface area contributed by atoms with E-state index >= 15 is 0 Å². The summed E-state index contributed by atoms with van der Waals surface area (Å²) in [5, 5.41) is 13.7. The van der Waals surface area contributed by atoms with Crippen molar-refractivity contribution in [1.82, 2.24) is 9.55 Å². The summed E-state index contributed by atoms with van der Waals surface area (Å²) < 4.78 is 7.03. The molecule has 0 radical (unpaired) electrons. The van der Waals surface area contributed by atoms with Crippen LogP contribution in [0.2, 0.25) is 0 Å². The Morgan fingerprint density at radius 3 is 3.25 bits per heavy atom. The first kappa shape index (κ1) is 10.9. The number of hydrogen-bond donors (Lipinski definition) is 1. The summed E-state index contributed by atoms with van der Waals surface area (Å²) in [4.78, 5) is 13.9. The van der Waals surface area contributed by atoms with E-state index in [2.05, 4.69) is 10.3 Å². The number of nitrogens with one attached hydrogen (secondary N) is 1. The molecule has 1 aromatic rings. The molecule has 1 aliphatic heterocycles. The minimum atomic E-state index is -0.488. The molecule has 1 unspecified atom stereocenters. The maximum absolute atomic E-state index is 10.7. The van der Waals surface area contributed by atoms with Crippen molar-refractivity contribution >= 4 is 11.6 Å². The van der Waals surface area contributed by atoms with Gasteiger partial charge in [0.1, 0.15) is 0 Å². The van der Waals surface area contributed by atoms with Crippen molar-refractivity contribution in [3.8, 4) is 0 Å². The molecule has 0 spiro atoms. The zero-order chi connectivity index (χ0) is 11.5. The van der Waals surface area contributed by atoms with E-state index in [1.165, 1.54) is 6.33 Å². The SMILES string of the molecule is Cn1cnc([N+](=O)[O-])c1NCC1CCCO1. The maximum atomic E-state index is 10.7. The Bertz CT molecular complexity index is 384. The highest BCUT2D eigenvalue weighted by Gasteiger charge is 2.22. The Morgan fingerprint density at radius 2 is 2.62 bits per heavy atom. The smallest absolute Gasteiger partial charge is 0.376 e. The fraction of sp³-hybridized carbons (Fsp3) is 0.667. The van der Waals surface area contributed by atoms with Crippen LogP contribution in [-0.4, -0.2) is 33.7 Å². The Balaban J connectivity index is 2.02. The van der Waals surface area contributed by atoms with Crippen LogP contribution in [0.5, 0.6) is 0 Å². The molecule has 0 bridgehead atoms. The highest BCUT2D eigenvalue weighted by atomic mass is 16.6. The molecule has 1 N–H and O–H groups in total. The van der Waals surface area contributed by atoms with Crippen molar-refractivity contribution in [3.05, 3.63) is 16.4 Å². The van der Waals surface area contributed by atoms with Crippen LogP contribution >= 0.6 is 0 Å². The Hall–Kier alpha value is -1.63. The van der Waals surface area contributed by atoms with Crippen LogP contribution in [-0.2, 0) is 11.8 Å². The molecule has 1 atom stereocenters. The van der Waals surface area contributed by atoms with E-state index in [4.69, 9.17) is 4.74 Å². The third kappa shape index (κ3) is 2.13. The van der Waals surface area contributed by atoms with Gasteiger partial charge in [0.25, 0.3) is 0 Å². The van der Waals surface area contributed by atoms with Crippen molar-refractivity contribution in [2.45, 2.75) is 18.9 Å². The van der Waals surface area contributed by atoms with Crippen LogP contribution in [0.3, 0.4) is 0 Å². The van der Waals surface area contributed by atoms with Gasteiger partial charge in [-0.25, -0.2) is 0 Å². The molecular formula is C9H14N4O3. The molecule has 88 valence electrons. The Labute approximate surface area is 92.6 Å². The lowest BCUT2D eigenvalue weighted by Crippen LogP contribution is -2.20. The first-order valence-corrected chi connectivity index (χ1v) is 5.19. The largest absolute Gasteiger partial charge is 0.406 e. The topological polar surface area (TPSA) is 82.2 Å². The fourth-order valence-corrected chi connectivity index (χ4v) is 1.77. The van der Waals surface area contributed by atoms with Gasteiger partial charge in [-0.05, 0) is 22.7 Å². The third-order valence-corrected chi connectivity index (χ3v) is 2.61. The predicted molar refractivity (Wildman–Crippen MR) is 57.3 cm³/mol. The van der Waals surface area contributed by atoms with E-state index in [0.29, 0.717) is 12.4 Å². The molecular weight excluding hydrogens is 212 g/mol. The van der Waals surface area contributed by atoms with Crippen molar-refractivity contribution in [3.63, 3.8) is 0 Å². The van der Waals surface area contributed by atoms with E-state index in [-0.39, 0.29) is 11.9 Å². The molecule has 1 saturated heterocycles. The van der Waals surface area contributed by atoms with Crippen LogP contribution < -0.4 is 5.32 Å². The maximum Gasteiger partial charge on any atom is 0.406 e. The summed E-state index contributed by atoms with van der Waals surface area (Å²) in [6.07, 6.45) is 3.63. The first-order chi connectivity index (χ1) is 7.68. The van der Waals surface area contributed by atoms with Gasteiger partial charge >= 0.3 is 5.82 Å². The van der Waals surface area contributed by atoms with Gasteiger partial charge in [0.05, 0.1) is 6.10 Å². The average Bonchev–Trinajstić information content (AvgIpc) is 2.84. The van der Waals surface area contributed by atoms with Gasteiger partial charge in [-0.15, -0.1) is 0 Å². The Kier molecular flexibility index (Phi) is 3.04. The van der Waals surface area contributed by atoms with Gasteiger partial charge in [0, 0.05) is 20.2 Å². The summed E-state index contributed by atoms with van der Waals surface area (Å²) in [6, 6.07) is 0. The molecule has 2 heterocycles. The second-order valence-corrected chi connectivity index (χ2v) is 3.80. The third-order valence-electron chi connectivity index (χ3n) is 2.61. The number of imidazole rings is 1. The summed E-state index contributed by atoms with van der Waals surface area (Å²) in [5.41, 5.74) is 0. The standard InChI is InChI=1S/C9H14N4O3/c1-12-6-11-9(13(14)15)8(12)10-5-7-3-2-4-16-7/h6-7,10H,2-5H2,1H3. The minimum Gasteiger partial charge on any atom is -0.376 e. The number of aromatic nitrogens is 2. The second-order valence-electron chi connectivity index (χ2n) is 3.80. The number of rotatable bonds is 4. The lowest BCUT2D eigenvalue weighted by Gasteiger charge is -2.11. The molecule has 0 saturated carbocycles. The highest BCUT2D eigenvalue weighted by molar-refractivity contribution is 5.52. The van der Waals surface area contributed by atoms with Crippen molar-refractivity contribution in [2.75, 3.05) is 18.5 Å². The van der Waals surface area contributed by atoms with Gasteiger partial charge in [0.2, 0.25) is 12.1 Å². The van der Waals surface area contributed by atoms with E-state index in [1.54, 1.807) is 11.6 Å². The van der Waals surface area contributed by atoms with Gasteiger partial charge in [-0.2, -0.15) is 0 Å². The molecule has 7 heteroatoms. The second kappa shape index (κ2) is 4.48. The highest BCUT2D eigenvalue weighted by Crippen LogP contribution is 2.22. The molecule has 1 aliphatic rings. The number of hydrogen-bond acceptors (Lipinski definition) is 5. The quantitative estimate of drug-likeness (QED) is 0.609. The number of ether oxygens (including phenoxy) is 1. The van der Waals surface area contributed by atoms with Crippen LogP contribution in [0, 0.1) is 10.1 Å². The molecule has 7 nitrogen and oxygen atoms in total. The van der Waals surface area contributed by atoms with Crippen LogP contribution in [0.4, 0.5) is 11.6 Å². The molecule has 0 aliphatic carbocycles. The zero-order valence-corrected chi connectivity index (χ0v) is 9.05. The number of anilines is 1. The summed E-state index contributed by atoms with van der Waals surface area (Å²) in [5.74, 6) is 0.293. The van der Waals surface area contributed by atoms with E-state index in [0.717, 1.165) is 19.4 Å². The van der Waals surface area contributed by atoms with Gasteiger partial charge < -0.3 is 20.2 Å². The van der Waals surface area contributed by atoms with E-state index in [1.807, 2.05) is 0 Å². The van der Waals surface area contributed by atoms with Crippen LogP contribution in [0.15, 0.2) is 6.33 Å². The fourth-order valence-electron chi connectivity index (χ4n) is 1.77. The Morgan fingerprint density at radius 1 is 1.81 bits per heavy atom. The van der Waals surface area contributed by atoms with E-state index in [9.17, 15) is 10.1 Å². The predicted octanol–water partition coefficient (Wildman–Crippen LogP) is 0.919. The zero-order valence-electron chi connectivity index (χ0n) is 9.05. The summed E-state index contributed by atoms with van der Waals surface area (Å²) in [6.45, 7) is 1.36. The lowest BCUT2D eigenvalue weighted by atomic mass is 10.2. The van der Waals surface area contributed by atoms with Crippen molar-refractivity contribution in [1.29, 1.82) is 0 Å². The summed E-state index contributed by atoms with van der Waals surface area (Å²) in [7, 11) is 1.72.